The van der Waals surface area contributed by atoms with Gasteiger partial charge < -0.3 is 5.32 Å². The van der Waals surface area contributed by atoms with Crippen molar-refractivity contribution >= 4 is 26.7 Å². The van der Waals surface area contributed by atoms with Crippen molar-refractivity contribution in [2.75, 3.05) is 6.54 Å². The largest absolute Gasteiger partial charge is 0.308 e. The van der Waals surface area contributed by atoms with Gasteiger partial charge in [0.05, 0.1) is 0 Å². The maximum absolute atomic E-state index is 4.09. The topological polar surface area (TPSA) is 24.9 Å². The molecule has 2 aromatic rings. The summed E-state index contributed by atoms with van der Waals surface area (Å²) in [6.45, 7) is 5.42. The Balaban J connectivity index is 2.10. The van der Waals surface area contributed by atoms with E-state index in [9.17, 15) is 0 Å². The van der Waals surface area contributed by atoms with E-state index in [-0.39, 0.29) is 0 Å². The van der Waals surface area contributed by atoms with Gasteiger partial charge in [-0.3, -0.25) is 4.98 Å². The molecule has 82 valence electrons. The Kier molecular flexibility index (Phi) is 3.70. The molecule has 1 N–H and O–H groups in total. The van der Waals surface area contributed by atoms with E-state index in [4.69, 9.17) is 0 Å². The number of aromatic nitrogens is 1. The van der Waals surface area contributed by atoms with E-state index in [2.05, 4.69) is 51.0 Å². The molecule has 0 bridgehead atoms. The van der Waals surface area contributed by atoms with E-state index in [1.165, 1.54) is 16.3 Å². The SMILES string of the molecule is C=C(Br)CNCc1ccc2cnccc2c1. The van der Waals surface area contributed by atoms with Crippen molar-refractivity contribution in [3.05, 3.63) is 53.3 Å². The highest BCUT2D eigenvalue weighted by Gasteiger charge is 1.96. The number of nitrogens with one attached hydrogen (secondary N) is 1. The molecule has 1 aromatic carbocycles. The van der Waals surface area contributed by atoms with Crippen LogP contribution in [0.1, 0.15) is 5.56 Å². The first-order valence-electron chi connectivity index (χ1n) is 5.12. The van der Waals surface area contributed by atoms with E-state index < -0.39 is 0 Å². The number of nitrogens with zero attached hydrogens (tertiary/aromatic N) is 1. The number of halogens is 1. The minimum Gasteiger partial charge on any atom is -0.308 e. The van der Waals surface area contributed by atoms with Crippen LogP contribution >= 0.6 is 15.9 Å². The molecular weight excluding hydrogens is 264 g/mol. The lowest BCUT2D eigenvalue weighted by atomic mass is 10.1. The monoisotopic (exact) mass is 276 g/mol. The molecule has 2 rings (SSSR count). The average Bonchev–Trinajstić information content (AvgIpc) is 2.28. The predicted molar refractivity (Wildman–Crippen MR) is 71.5 cm³/mol. The standard InChI is InChI=1S/C13H13BrN2/c1-10(14)7-16-8-11-2-3-13-9-15-5-4-12(13)6-11/h2-6,9,16H,1,7-8H2. The maximum atomic E-state index is 4.09. The van der Waals surface area contributed by atoms with Gasteiger partial charge in [-0.2, -0.15) is 0 Å². The van der Waals surface area contributed by atoms with Crippen molar-refractivity contribution in [1.82, 2.24) is 10.3 Å². The molecular formula is C13H13BrN2. The number of fused-ring (bicyclic) bond motifs is 1. The third-order valence-electron chi connectivity index (χ3n) is 2.35. The highest BCUT2D eigenvalue weighted by atomic mass is 79.9. The van der Waals surface area contributed by atoms with Crippen LogP contribution < -0.4 is 5.32 Å². The summed E-state index contributed by atoms with van der Waals surface area (Å²) in [7, 11) is 0. The number of hydrogen-bond acceptors (Lipinski definition) is 2. The fourth-order valence-electron chi connectivity index (χ4n) is 1.59. The second-order valence-electron chi connectivity index (χ2n) is 3.68. The zero-order valence-electron chi connectivity index (χ0n) is 8.91. The third kappa shape index (κ3) is 2.90. The van der Waals surface area contributed by atoms with Crippen molar-refractivity contribution in [3.8, 4) is 0 Å². The first-order chi connectivity index (χ1) is 7.75. The molecule has 0 aliphatic heterocycles. The van der Waals surface area contributed by atoms with E-state index in [1.807, 2.05) is 18.5 Å². The van der Waals surface area contributed by atoms with Crippen molar-refractivity contribution < 1.29 is 0 Å². The smallest absolute Gasteiger partial charge is 0.0346 e. The molecule has 0 aliphatic carbocycles. The van der Waals surface area contributed by atoms with Crippen LogP contribution in [-0.2, 0) is 6.54 Å². The Morgan fingerprint density at radius 3 is 3.00 bits per heavy atom. The summed E-state index contributed by atoms with van der Waals surface area (Å²) in [5.41, 5.74) is 1.27. The van der Waals surface area contributed by atoms with E-state index >= 15 is 0 Å². The molecule has 16 heavy (non-hydrogen) atoms. The Bertz CT molecular complexity index is 508. The van der Waals surface area contributed by atoms with Gasteiger partial charge in [0.25, 0.3) is 0 Å². The van der Waals surface area contributed by atoms with E-state index in [0.29, 0.717) is 0 Å². The molecule has 0 atom stereocenters. The summed E-state index contributed by atoms with van der Waals surface area (Å²) in [5, 5.41) is 5.71. The zero-order chi connectivity index (χ0) is 11.4. The molecule has 0 amide bonds. The van der Waals surface area contributed by atoms with Crippen LogP contribution in [0.5, 0.6) is 0 Å². The molecule has 0 unspecified atom stereocenters. The van der Waals surface area contributed by atoms with Gasteiger partial charge in [-0.25, -0.2) is 0 Å². The highest BCUT2D eigenvalue weighted by Crippen LogP contribution is 2.14. The average molecular weight is 277 g/mol. The Hall–Kier alpha value is -1.19. The Morgan fingerprint density at radius 2 is 2.19 bits per heavy atom. The van der Waals surface area contributed by atoms with Crippen molar-refractivity contribution in [2.45, 2.75) is 6.54 Å². The molecule has 0 radical (unpaired) electrons. The van der Waals surface area contributed by atoms with Crippen LogP contribution in [0.4, 0.5) is 0 Å². The number of hydrogen-bond donors (Lipinski definition) is 1. The lowest BCUT2D eigenvalue weighted by molar-refractivity contribution is 0.758. The molecule has 1 heterocycles. The molecule has 0 fully saturated rings. The highest BCUT2D eigenvalue weighted by molar-refractivity contribution is 9.11. The third-order valence-corrected chi connectivity index (χ3v) is 2.63. The molecule has 0 spiro atoms. The summed E-state index contributed by atoms with van der Waals surface area (Å²) >= 11 is 3.32. The second-order valence-corrected chi connectivity index (χ2v) is 4.80. The van der Waals surface area contributed by atoms with Gasteiger partial charge in [0, 0.05) is 35.4 Å². The lowest BCUT2D eigenvalue weighted by Crippen LogP contribution is -2.14. The van der Waals surface area contributed by atoms with Crippen LogP contribution in [0, 0.1) is 0 Å². The number of pyridine rings is 1. The lowest BCUT2D eigenvalue weighted by Gasteiger charge is -2.05. The van der Waals surface area contributed by atoms with Gasteiger partial charge in [-0.1, -0.05) is 34.6 Å². The summed E-state index contributed by atoms with van der Waals surface area (Å²) in [5.74, 6) is 0. The molecule has 0 aliphatic rings. The quantitative estimate of drug-likeness (QED) is 0.928. The molecule has 0 saturated heterocycles. The first kappa shape index (κ1) is 11.3. The zero-order valence-corrected chi connectivity index (χ0v) is 10.5. The van der Waals surface area contributed by atoms with Crippen molar-refractivity contribution in [2.24, 2.45) is 0 Å². The van der Waals surface area contributed by atoms with Gasteiger partial charge >= 0.3 is 0 Å². The number of benzene rings is 1. The van der Waals surface area contributed by atoms with Gasteiger partial charge in [0.15, 0.2) is 0 Å². The van der Waals surface area contributed by atoms with E-state index in [0.717, 1.165) is 17.6 Å². The van der Waals surface area contributed by atoms with Crippen LogP contribution in [0.3, 0.4) is 0 Å². The van der Waals surface area contributed by atoms with Crippen LogP contribution in [0.2, 0.25) is 0 Å². The first-order valence-corrected chi connectivity index (χ1v) is 5.91. The van der Waals surface area contributed by atoms with Crippen LogP contribution in [-0.4, -0.2) is 11.5 Å². The minimum atomic E-state index is 0.786. The van der Waals surface area contributed by atoms with Crippen LogP contribution in [0.15, 0.2) is 47.7 Å². The number of rotatable bonds is 4. The van der Waals surface area contributed by atoms with E-state index in [1.54, 1.807) is 0 Å². The summed E-state index contributed by atoms with van der Waals surface area (Å²) in [6.07, 6.45) is 3.70. The fourth-order valence-corrected chi connectivity index (χ4v) is 1.78. The molecule has 2 nitrogen and oxygen atoms in total. The van der Waals surface area contributed by atoms with Gasteiger partial charge in [0.1, 0.15) is 0 Å². The normalized spacial score (nSPS) is 10.6. The predicted octanol–water partition coefficient (Wildman–Crippen LogP) is 3.23. The van der Waals surface area contributed by atoms with Gasteiger partial charge in [-0.05, 0) is 23.1 Å². The van der Waals surface area contributed by atoms with Gasteiger partial charge in [0.2, 0.25) is 0 Å². The minimum absolute atomic E-state index is 0.786. The summed E-state index contributed by atoms with van der Waals surface area (Å²) in [4.78, 5) is 4.09. The molecule has 1 aromatic heterocycles. The van der Waals surface area contributed by atoms with Crippen LogP contribution in [0.25, 0.3) is 10.8 Å². The van der Waals surface area contributed by atoms with Crippen molar-refractivity contribution in [3.63, 3.8) is 0 Å². The van der Waals surface area contributed by atoms with Crippen molar-refractivity contribution in [1.29, 1.82) is 0 Å². The summed E-state index contributed by atoms with van der Waals surface area (Å²) < 4.78 is 0.970. The Morgan fingerprint density at radius 1 is 1.31 bits per heavy atom. The molecule has 0 saturated carbocycles. The Labute approximate surface area is 104 Å². The fraction of sp³-hybridized carbons (Fsp3) is 0.154. The summed E-state index contributed by atoms with van der Waals surface area (Å²) in [6, 6.07) is 8.43. The second kappa shape index (κ2) is 5.23. The van der Waals surface area contributed by atoms with Gasteiger partial charge in [-0.15, -0.1) is 0 Å². The molecule has 3 heteroatoms. The maximum Gasteiger partial charge on any atom is 0.0346 e.